The van der Waals surface area contributed by atoms with Gasteiger partial charge in [0.05, 0.1) is 17.6 Å². The zero-order valence-electron chi connectivity index (χ0n) is 11.2. The van der Waals surface area contributed by atoms with Crippen molar-refractivity contribution < 1.29 is 0 Å². The Kier molecular flexibility index (Phi) is 5.09. The number of hydrogen-bond donors (Lipinski definition) is 2. The molecule has 0 saturated heterocycles. The average Bonchev–Trinajstić information content (AvgIpc) is 2.74. The summed E-state index contributed by atoms with van der Waals surface area (Å²) in [6.45, 7) is 2.51. The van der Waals surface area contributed by atoms with Gasteiger partial charge in [-0.1, -0.05) is 11.6 Å². The number of guanidine groups is 1. The van der Waals surface area contributed by atoms with E-state index in [2.05, 4.69) is 25.2 Å². The highest BCUT2D eigenvalue weighted by atomic mass is 127. The molecule has 0 radical (unpaired) electrons. The number of hydrogen-bond acceptors (Lipinski definition) is 4. The van der Waals surface area contributed by atoms with Crippen LogP contribution in [-0.4, -0.2) is 28.6 Å². The van der Waals surface area contributed by atoms with Crippen LogP contribution in [0.5, 0.6) is 0 Å². The molecule has 0 spiro atoms. The van der Waals surface area contributed by atoms with Crippen molar-refractivity contribution in [1.82, 2.24) is 20.2 Å². The molecule has 0 aliphatic carbocycles. The molecule has 1 aromatic heterocycles. The van der Waals surface area contributed by atoms with E-state index in [1.165, 1.54) is 0 Å². The van der Waals surface area contributed by atoms with E-state index in [0.717, 1.165) is 42.3 Å². The first-order valence-electron chi connectivity index (χ1n) is 6.37. The van der Waals surface area contributed by atoms with Crippen LogP contribution in [0.2, 0.25) is 5.02 Å². The molecular formula is C13H17ClIN5. The first-order chi connectivity index (χ1) is 9.24. The number of aryl methyl sites for hydroxylation is 1. The minimum Gasteiger partial charge on any atom is -0.356 e. The van der Waals surface area contributed by atoms with E-state index in [1.807, 2.05) is 25.2 Å². The van der Waals surface area contributed by atoms with E-state index in [0.29, 0.717) is 11.6 Å². The number of fused-ring (bicyclic) bond motifs is 1. The van der Waals surface area contributed by atoms with E-state index < -0.39 is 0 Å². The topological polar surface area (TPSA) is 54.2 Å². The summed E-state index contributed by atoms with van der Waals surface area (Å²) < 4.78 is 2.07. The van der Waals surface area contributed by atoms with Crippen molar-refractivity contribution in [1.29, 1.82) is 0 Å². The molecule has 1 aliphatic heterocycles. The van der Waals surface area contributed by atoms with Gasteiger partial charge >= 0.3 is 0 Å². The number of imidazole rings is 1. The maximum Gasteiger partial charge on any atom is 0.191 e. The highest BCUT2D eigenvalue weighted by Gasteiger charge is 2.09. The third-order valence-electron chi connectivity index (χ3n) is 3.25. The molecule has 5 nitrogen and oxygen atoms in total. The Morgan fingerprint density at radius 1 is 1.45 bits per heavy atom. The van der Waals surface area contributed by atoms with Crippen LogP contribution >= 0.6 is 35.6 Å². The molecule has 2 aromatic rings. The van der Waals surface area contributed by atoms with Crippen molar-refractivity contribution >= 4 is 52.6 Å². The molecule has 0 atom stereocenters. The molecule has 0 saturated carbocycles. The minimum atomic E-state index is 0. The lowest BCUT2D eigenvalue weighted by Crippen LogP contribution is -2.40. The first-order valence-corrected chi connectivity index (χ1v) is 6.75. The van der Waals surface area contributed by atoms with Crippen molar-refractivity contribution in [2.75, 3.05) is 13.1 Å². The molecule has 20 heavy (non-hydrogen) atoms. The molecule has 0 fully saturated rings. The molecule has 108 valence electrons. The summed E-state index contributed by atoms with van der Waals surface area (Å²) >= 11 is 5.99. The predicted octanol–water partition coefficient (Wildman–Crippen LogP) is 2.28. The third-order valence-corrected chi connectivity index (χ3v) is 3.48. The first kappa shape index (κ1) is 15.4. The van der Waals surface area contributed by atoms with Crippen molar-refractivity contribution in [2.24, 2.45) is 12.0 Å². The Hall–Kier alpha value is -1.02. The van der Waals surface area contributed by atoms with Crippen LogP contribution in [0, 0.1) is 0 Å². The monoisotopic (exact) mass is 405 g/mol. The summed E-state index contributed by atoms with van der Waals surface area (Å²) in [5, 5.41) is 7.22. The van der Waals surface area contributed by atoms with Crippen LogP contribution in [0.15, 0.2) is 23.2 Å². The number of nitrogens with one attached hydrogen (secondary N) is 2. The number of halogens is 2. The normalized spacial score (nSPS) is 14.4. The van der Waals surface area contributed by atoms with Crippen molar-refractivity contribution in [3.63, 3.8) is 0 Å². The summed E-state index contributed by atoms with van der Waals surface area (Å²) in [4.78, 5) is 8.97. The zero-order chi connectivity index (χ0) is 13.2. The number of aliphatic imine (C=N–C) groups is 1. The lowest BCUT2D eigenvalue weighted by atomic mass is 10.3. The van der Waals surface area contributed by atoms with Crippen molar-refractivity contribution in [2.45, 2.75) is 13.0 Å². The largest absolute Gasteiger partial charge is 0.356 e. The molecule has 7 heteroatoms. The quantitative estimate of drug-likeness (QED) is 0.754. The Balaban J connectivity index is 0.00000147. The van der Waals surface area contributed by atoms with Crippen LogP contribution in [-0.2, 0) is 13.6 Å². The van der Waals surface area contributed by atoms with Crippen LogP contribution in [0.4, 0.5) is 0 Å². The number of aromatic nitrogens is 2. The molecule has 2 heterocycles. The van der Waals surface area contributed by atoms with Gasteiger partial charge < -0.3 is 15.2 Å². The Morgan fingerprint density at radius 3 is 3.05 bits per heavy atom. The van der Waals surface area contributed by atoms with E-state index in [-0.39, 0.29) is 24.0 Å². The highest BCUT2D eigenvalue weighted by Crippen LogP contribution is 2.19. The van der Waals surface area contributed by atoms with E-state index >= 15 is 0 Å². The van der Waals surface area contributed by atoms with Gasteiger partial charge in [0.2, 0.25) is 0 Å². The van der Waals surface area contributed by atoms with Crippen LogP contribution < -0.4 is 10.6 Å². The van der Waals surface area contributed by atoms with Gasteiger partial charge in [-0.2, -0.15) is 0 Å². The van der Waals surface area contributed by atoms with E-state index in [4.69, 9.17) is 11.6 Å². The second-order valence-corrected chi connectivity index (χ2v) is 5.02. The van der Waals surface area contributed by atoms with Crippen LogP contribution in [0.25, 0.3) is 11.0 Å². The molecular weight excluding hydrogens is 389 g/mol. The van der Waals surface area contributed by atoms with Crippen LogP contribution in [0.1, 0.15) is 12.2 Å². The molecule has 0 bridgehead atoms. The van der Waals surface area contributed by atoms with Crippen molar-refractivity contribution in [3.8, 4) is 0 Å². The second-order valence-electron chi connectivity index (χ2n) is 4.58. The number of nitrogens with zero attached hydrogens (tertiary/aromatic N) is 3. The second kappa shape index (κ2) is 6.62. The smallest absolute Gasteiger partial charge is 0.191 e. The summed E-state index contributed by atoms with van der Waals surface area (Å²) in [5.74, 6) is 1.82. The summed E-state index contributed by atoms with van der Waals surface area (Å²) in [5.41, 5.74) is 2.00. The standard InChI is InChI=1S/C13H16ClN5.HI/c1-19-11-4-3-9(14)7-10(11)18-12(19)8-17-13-15-5-2-6-16-13;/h3-4,7H,2,5-6,8H2,1H3,(H2,15,16,17);1H. The minimum absolute atomic E-state index is 0. The fourth-order valence-corrected chi connectivity index (χ4v) is 2.36. The molecule has 1 aliphatic rings. The maximum absolute atomic E-state index is 5.99. The summed E-state index contributed by atoms with van der Waals surface area (Å²) in [6, 6.07) is 5.76. The number of rotatable bonds is 2. The van der Waals surface area contributed by atoms with Crippen LogP contribution in [0.3, 0.4) is 0 Å². The Morgan fingerprint density at radius 2 is 2.30 bits per heavy atom. The Bertz CT molecular complexity index is 637. The highest BCUT2D eigenvalue weighted by molar-refractivity contribution is 14.0. The molecule has 1 aromatic carbocycles. The van der Waals surface area contributed by atoms with E-state index in [1.54, 1.807) is 0 Å². The lowest BCUT2D eigenvalue weighted by Gasteiger charge is -2.15. The van der Waals surface area contributed by atoms with Gasteiger partial charge in [-0.05, 0) is 24.6 Å². The zero-order valence-corrected chi connectivity index (χ0v) is 14.3. The SMILES string of the molecule is Cn1c(CNC2=NCCCN2)nc2cc(Cl)ccc21.I. The van der Waals surface area contributed by atoms with Gasteiger partial charge in [-0.3, -0.25) is 4.99 Å². The van der Waals surface area contributed by atoms with E-state index in [9.17, 15) is 0 Å². The molecule has 0 amide bonds. The molecule has 2 N–H and O–H groups in total. The third kappa shape index (κ3) is 3.17. The van der Waals surface area contributed by atoms with Gasteiger partial charge in [0.1, 0.15) is 5.82 Å². The maximum atomic E-state index is 5.99. The predicted molar refractivity (Wildman–Crippen MR) is 92.9 cm³/mol. The summed E-state index contributed by atoms with van der Waals surface area (Å²) in [7, 11) is 2.01. The van der Waals surface area contributed by atoms with Gasteiger partial charge in [-0.25, -0.2) is 4.98 Å². The molecule has 3 rings (SSSR count). The van der Waals surface area contributed by atoms with Gasteiger partial charge in [-0.15, -0.1) is 24.0 Å². The molecule has 0 unspecified atom stereocenters. The van der Waals surface area contributed by atoms with Gasteiger partial charge in [0.25, 0.3) is 0 Å². The lowest BCUT2D eigenvalue weighted by molar-refractivity contribution is 0.683. The van der Waals surface area contributed by atoms with Gasteiger partial charge in [0.15, 0.2) is 5.96 Å². The number of benzene rings is 1. The Labute approximate surface area is 139 Å². The average molecular weight is 406 g/mol. The summed E-state index contributed by atoms with van der Waals surface area (Å²) in [6.07, 6.45) is 1.09. The fraction of sp³-hybridized carbons (Fsp3) is 0.385. The van der Waals surface area contributed by atoms with Gasteiger partial charge in [0, 0.05) is 25.2 Å². The van der Waals surface area contributed by atoms with Crippen molar-refractivity contribution in [3.05, 3.63) is 29.0 Å². The fourth-order valence-electron chi connectivity index (χ4n) is 2.19.